The van der Waals surface area contributed by atoms with Crippen LogP contribution < -0.4 is 4.90 Å². The molecular formula is C10H9BrN2O2. The lowest BCUT2D eigenvalue weighted by atomic mass is 10.3. The second-order valence-electron chi connectivity index (χ2n) is 3.00. The van der Waals surface area contributed by atoms with E-state index >= 15 is 0 Å². The molecule has 0 aliphatic carbocycles. The zero-order valence-electron chi connectivity index (χ0n) is 8.11. The summed E-state index contributed by atoms with van der Waals surface area (Å²) in [5.41, 5.74) is 1.41. The highest BCUT2D eigenvalue weighted by molar-refractivity contribution is 9.10. The summed E-state index contributed by atoms with van der Waals surface area (Å²) in [6, 6.07) is 5.88. The molecule has 0 radical (unpaired) electrons. The minimum atomic E-state index is 0.334. The van der Waals surface area contributed by atoms with Crippen LogP contribution in [0.4, 0.5) is 6.01 Å². The molecule has 1 amide bonds. The number of amides is 1. The minimum absolute atomic E-state index is 0.334. The van der Waals surface area contributed by atoms with Crippen LogP contribution in [0.25, 0.3) is 11.1 Å². The third-order valence-corrected chi connectivity index (χ3v) is 2.55. The van der Waals surface area contributed by atoms with Crippen LogP contribution in [0.3, 0.4) is 0 Å². The van der Waals surface area contributed by atoms with E-state index < -0.39 is 0 Å². The number of halogens is 1. The van der Waals surface area contributed by atoms with Crippen molar-refractivity contribution in [3.8, 4) is 0 Å². The Bertz CT molecular complexity index is 495. The fraction of sp³-hybridized carbons (Fsp3) is 0.200. The van der Waals surface area contributed by atoms with Crippen LogP contribution in [-0.4, -0.2) is 17.9 Å². The van der Waals surface area contributed by atoms with Gasteiger partial charge in [0.05, 0.1) is 0 Å². The van der Waals surface area contributed by atoms with Crippen molar-refractivity contribution >= 4 is 39.5 Å². The van der Waals surface area contributed by atoms with Crippen LogP contribution in [0.2, 0.25) is 0 Å². The van der Waals surface area contributed by atoms with Gasteiger partial charge in [-0.25, -0.2) is 0 Å². The number of aromatic nitrogens is 1. The van der Waals surface area contributed by atoms with E-state index in [-0.39, 0.29) is 0 Å². The molecule has 2 rings (SSSR count). The highest BCUT2D eigenvalue weighted by Crippen LogP contribution is 2.24. The Morgan fingerprint density at radius 1 is 1.60 bits per heavy atom. The van der Waals surface area contributed by atoms with E-state index in [1.165, 1.54) is 4.90 Å². The molecule has 78 valence electrons. The van der Waals surface area contributed by atoms with E-state index in [1.54, 1.807) is 0 Å². The molecule has 0 saturated carbocycles. The van der Waals surface area contributed by atoms with E-state index in [2.05, 4.69) is 20.9 Å². The number of fused-ring (bicyclic) bond motifs is 1. The lowest BCUT2D eigenvalue weighted by molar-refractivity contribution is -0.107. The van der Waals surface area contributed by atoms with Gasteiger partial charge in [0, 0.05) is 11.0 Å². The Kier molecular flexibility index (Phi) is 2.73. The van der Waals surface area contributed by atoms with Crippen molar-refractivity contribution in [2.24, 2.45) is 0 Å². The van der Waals surface area contributed by atoms with Crippen molar-refractivity contribution in [2.45, 2.75) is 6.92 Å². The normalized spacial score (nSPS) is 10.5. The molecular weight excluding hydrogens is 260 g/mol. The first-order valence-corrected chi connectivity index (χ1v) is 5.32. The molecule has 4 nitrogen and oxygen atoms in total. The van der Waals surface area contributed by atoms with Gasteiger partial charge >= 0.3 is 6.01 Å². The van der Waals surface area contributed by atoms with Crippen LogP contribution >= 0.6 is 15.9 Å². The van der Waals surface area contributed by atoms with Crippen molar-refractivity contribution in [1.82, 2.24) is 4.98 Å². The molecule has 0 bridgehead atoms. The molecule has 0 aliphatic heterocycles. The molecule has 0 saturated heterocycles. The van der Waals surface area contributed by atoms with Gasteiger partial charge in [0.1, 0.15) is 5.52 Å². The summed E-state index contributed by atoms with van der Waals surface area (Å²) in [5.74, 6) is 0. The summed E-state index contributed by atoms with van der Waals surface area (Å²) in [5, 5.41) is 0. The highest BCUT2D eigenvalue weighted by atomic mass is 79.9. The van der Waals surface area contributed by atoms with Crippen molar-refractivity contribution in [1.29, 1.82) is 0 Å². The van der Waals surface area contributed by atoms with E-state index in [1.807, 2.05) is 25.1 Å². The highest BCUT2D eigenvalue weighted by Gasteiger charge is 2.11. The van der Waals surface area contributed by atoms with Gasteiger partial charge in [-0.05, 0) is 25.1 Å². The predicted molar refractivity (Wildman–Crippen MR) is 60.8 cm³/mol. The first kappa shape index (κ1) is 10.2. The molecule has 0 N–H and O–H groups in total. The summed E-state index contributed by atoms with van der Waals surface area (Å²) in [4.78, 5) is 16.3. The first-order chi connectivity index (χ1) is 7.24. The maximum absolute atomic E-state index is 10.7. The maximum atomic E-state index is 10.7. The van der Waals surface area contributed by atoms with Crippen LogP contribution in [0, 0.1) is 0 Å². The average Bonchev–Trinajstić information content (AvgIpc) is 2.62. The van der Waals surface area contributed by atoms with Crippen molar-refractivity contribution in [3.63, 3.8) is 0 Å². The number of carbonyl (C=O) groups excluding carboxylic acids is 1. The van der Waals surface area contributed by atoms with Crippen molar-refractivity contribution in [2.75, 3.05) is 11.4 Å². The molecule has 15 heavy (non-hydrogen) atoms. The first-order valence-electron chi connectivity index (χ1n) is 4.52. The average molecular weight is 269 g/mol. The van der Waals surface area contributed by atoms with E-state index in [0.717, 1.165) is 9.99 Å². The van der Waals surface area contributed by atoms with Crippen molar-refractivity contribution < 1.29 is 9.21 Å². The number of hydrogen-bond acceptors (Lipinski definition) is 3. The minimum Gasteiger partial charge on any atom is -0.423 e. The second kappa shape index (κ2) is 4.02. The Balaban J connectivity index is 2.50. The zero-order valence-corrected chi connectivity index (χ0v) is 9.69. The van der Waals surface area contributed by atoms with Crippen LogP contribution in [0.5, 0.6) is 0 Å². The second-order valence-corrected chi connectivity index (χ2v) is 3.92. The Hall–Kier alpha value is -1.36. The number of hydrogen-bond donors (Lipinski definition) is 0. The number of carbonyl (C=O) groups is 1. The monoisotopic (exact) mass is 268 g/mol. The Labute approximate surface area is 95.0 Å². The summed E-state index contributed by atoms with van der Waals surface area (Å²) in [6.45, 7) is 2.40. The Morgan fingerprint density at radius 3 is 3.07 bits per heavy atom. The van der Waals surface area contributed by atoms with Gasteiger partial charge in [-0.3, -0.25) is 9.69 Å². The molecule has 1 aromatic carbocycles. The van der Waals surface area contributed by atoms with E-state index in [9.17, 15) is 4.79 Å². The molecule has 0 aliphatic rings. The SMILES string of the molecule is CCN(C=O)c1nc2ccc(Br)cc2o1. The van der Waals surface area contributed by atoms with E-state index in [0.29, 0.717) is 24.6 Å². The lowest BCUT2D eigenvalue weighted by Crippen LogP contribution is -2.20. The Morgan fingerprint density at radius 2 is 2.40 bits per heavy atom. The number of rotatable bonds is 3. The summed E-state index contributed by atoms with van der Waals surface area (Å²) >= 11 is 3.34. The molecule has 0 fully saturated rings. The summed E-state index contributed by atoms with van der Waals surface area (Å²) in [7, 11) is 0. The number of oxazole rings is 1. The molecule has 0 spiro atoms. The molecule has 0 unspecified atom stereocenters. The standard InChI is InChI=1S/C10H9BrN2O2/c1-2-13(6-14)10-12-8-4-3-7(11)5-9(8)15-10/h3-6H,2H2,1H3. The molecule has 1 aromatic heterocycles. The summed E-state index contributed by atoms with van der Waals surface area (Å²) in [6.07, 6.45) is 0.708. The van der Waals surface area contributed by atoms with Crippen LogP contribution in [0.1, 0.15) is 6.92 Å². The van der Waals surface area contributed by atoms with E-state index in [4.69, 9.17) is 4.42 Å². The lowest BCUT2D eigenvalue weighted by Gasteiger charge is -2.07. The topological polar surface area (TPSA) is 46.3 Å². The number of benzene rings is 1. The van der Waals surface area contributed by atoms with Gasteiger partial charge in [-0.15, -0.1) is 0 Å². The molecule has 0 atom stereocenters. The third kappa shape index (κ3) is 1.87. The van der Waals surface area contributed by atoms with Gasteiger partial charge < -0.3 is 4.42 Å². The smallest absolute Gasteiger partial charge is 0.305 e. The molecule has 2 aromatic rings. The molecule has 1 heterocycles. The van der Waals surface area contributed by atoms with Gasteiger partial charge in [-0.1, -0.05) is 15.9 Å². The fourth-order valence-electron chi connectivity index (χ4n) is 1.26. The number of nitrogens with zero attached hydrogens (tertiary/aromatic N) is 2. The largest absolute Gasteiger partial charge is 0.423 e. The summed E-state index contributed by atoms with van der Waals surface area (Å²) < 4.78 is 6.37. The quantitative estimate of drug-likeness (QED) is 0.804. The van der Waals surface area contributed by atoms with Crippen LogP contribution in [0.15, 0.2) is 27.1 Å². The van der Waals surface area contributed by atoms with Crippen molar-refractivity contribution in [3.05, 3.63) is 22.7 Å². The fourth-order valence-corrected chi connectivity index (χ4v) is 1.60. The molecule has 5 heteroatoms. The van der Waals surface area contributed by atoms with Gasteiger partial charge in [0.2, 0.25) is 6.41 Å². The predicted octanol–water partition coefficient (Wildman–Crippen LogP) is 2.57. The number of anilines is 1. The third-order valence-electron chi connectivity index (χ3n) is 2.05. The van der Waals surface area contributed by atoms with Gasteiger partial charge in [0.15, 0.2) is 5.58 Å². The zero-order chi connectivity index (χ0) is 10.8. The van der Waals surface area contributed by atoms with Crippen LogP contribution in [-0.2, 0) is 4.79 Å². The van der Waals surface area contributed by atoms with Gasteiger partial charge in [0.25, 0.3) is 0 Å². The van der Waals surface area contributed by atoms with Gasteiger partial charge in [-0.2, -0.15) is 4.98 Å². The maximum Gasteiger partial charge on any atom is 0.305 e.